The van der Waals surface area contributed by atoms with Gasteiger partial charge in [0.1, 0.15) is 18.1 Å². The highest BCUT2D eigenvalue weighted by Crippen LogP contribution is 2.24. The van der Waals surface area contributed by atoms with E-state index in [1.807, 2.05) is 12.1 Å². The molecule has 36 heavy (non-hydrogen) atoms. The molecule has 0 saturated carbocycles. The summed E-state index contributed by atoms with van der Waals surface area (Å²) in [5, 5.41) is 0. The molecule has 1 amide bonds. The van der Waals surface area contributed by atoms with Gasteiger partial charge < -0.3 is 19.4 Å². The molecule has 1 fully saturated rings. The van der Waals surface area contributed by atoms with E-state index < -0.39 is 12.6 Å². The van der Waals surface area contributed by atoms with Crippen LogP contribution < -0.4 is 4.74 Å². The molecule has 1 aliphatic rings. The van der Waals surface area contributed by atoms with Gasteiger partial charge in [-0.15, -0.1) is 0 Å². The van der Waals surface area contributed by atoms with Crippen molar-refractivity contribution in [2.45, 2.75) is 45.6 Å². The van der Waals surface area contributed by atoms with E-state index in [1.54, 1.807) is 29.2 Å². The van der Waals surface area contributed by atoms with E-state index in [9.17, 15) is 14.4 Å². The molecule has 0 radical (unpaired) electrons. The lowest BCUT2D eigenvalue weighted by molar-refractivity contribution is 0.0474. The number of hydrogen-bond donors (Lipinski definition) is 1. The van der Waals surface area contributed by atoms with Gasteiger partial charge in [0.15, 0.2) is 6.61 Å². The van der Waals surface area contributed by atoms with Gasteiger partial charge in [0.05, 0.1) is 5.56 Å². The minimum atomic E-state index is -0.586. The Morgan fingerprint density at radius 3 is 2.22 bits per heavy atom. The van der Waals surface area contributed by atoms with E-state index in [4.69, 9.17) is 9.47 Å². The van der Waals surface area contributed by atoms with Gasteiger partial charge in [-0.25, -0.2) is 4.79 Å². The summed E-state index contributed by atoms with van der Waals surface area (Å²) in [6.07, 6.45) is 3.46. The van der Waals surface area contributed by atoms with Crippen molar-refractivity contribution in [1.29, 1.82) is 0 Å². The molecule has 4 rings (SSSR count). The average molecular weight is 489 g/mol. The van der Waals surface area contributed by atoms with Crippen molar-refractivity contribution in [3.63, 3.8) is 0 Å². The Morgan fingerprint density at radius 1 is 0.917 bits per heavy atom. The van der Waals surface area contributed by atoms with Crippen LogP contribution in [0.5, 0.6) is 5.75 Å². The molecule has 7 nitrogen and oxygen atoms in total. The fraction of sp³-hybridized carbons (Fsp3) is 0.345. The topological polar surface area (TPSA) is 88.7 Å². The molecule has 0 aliphatic carbocycles. The molecule has 1 aromatic heterocycles. The van der Waals surface area contributed by atoms with Crippen LogP contribution in [0.2, 0.25) is 0 Å². The van der Waals surface area contributed by atoms with Crippen molar-refractivity contribution >= 4 is 17.7 Å². The van der Waals surface area contributed by atoms with Gasteiger partial charge in [-0.3, -0.25) is 9.59 Å². The second-order valence-electron chi connectivity index (χ2n) is 10.1. The maximum absolute atomic E-state index is 12.4. The summed E-state index contributed by atoms with van der Waals surface area (Å²) >= 11 is 0. The second kappa shape index (κ2) is 10.8. The van der Waals surface area contributed by atoms with Crippen molar-refractivity contribution in [2.75, 3.05) is 19.7 Å². The minimum Gasteiger partial charge on any atom is -0.489 e. The smallest absolute Gasteiger partial charge is 0.338 e. The number of ether oxygens (including phenoxy) is 2. The predicted molar refractivity (Wildman–Crippen MR) is 136 cm³/mol. The number of hydrogen-bond acceptors (Lipinski definition) is 5. The molecule has 0 spiro atoms. The average Bonchev–Trinajstić information content (AvgIpc) is 3.58. The zero-order valence-electron chi connectivity index (χ0n) is 21.0. The minimum absolute atomic E-state index is 0.0878. The van der Waals surface area contributed by atoms with Crippen LogP contribution in [0.3, 0.4) is 0 Å². The number of likely N-dealkylation sites (tertiary alicyclic amines) is 1. The summed E-state index contributed by atoms with van der Waals surface area (Å²) in [6.45, 7) is 7.93. The van der Waals surface area contributed by atoms with Gasteiger partial charge in [-0.2, -0.15) is 0 Å². The Balaban J connectivity index is 1.25. The Kier molecular flexibility index (Phi) is 7.58. The zero-order valence-corrected chi connectivity index (χ0v) is 21.0. The van der Waals surface area contributed by atoms with Crippen LogP contribution >= 0.6 is 0 Å². The number of aromatic nitrogens is 1. The number of H-pyrrole nitrogens is 1. The van der Waals surface area contributed by atoms with E-state index in [1.165, 1.54) is 17.8 Å². The Morgan fingerprint density at radius 2 is 1.58 bits per heavy atom. The Labute approximate surface area is 211 Å². The number of aromatic amines is 1. The molecule has 1 saturated heterocycles. The van der Waals surface area contributed by atoms with Crippen molar-refractivity contribution in [1.82, 2.24) is 9.88 Å². The molecule has 2 aromatic carbocycles. The maximum Gasteiger partial charge on any atom is 0.338 e. The van der Waals surface area contributed by atoms with Gasteiger partial charge in [0.25, 0.3) is 5.91 Å². The van der Waals surface area contributed by atoms with Crippen LogP contribution in [0, 0.1) is 0 Å². The SMILES string of the molecule is CC(C)(C)c1ccc(OCc2ccc(C(=O)OCC(=O)c3c[nH]c(C(=O)N4CCCC4)c3)cc2)cc1. The second-order valence-corrected chi connectivity index (χ2v) is 10.1. The fourth-order valence-corrected chi connectivity index (χ4v) is 4.02. The lowest BCUT2D eigenvalue weighted by atomic mass is 9.87. The summed E-state index contributed by atoms with van der Waals surface area (Å²) in [5.74, 6) is -0.297. The molecule has 188 valence electrons. The lowest BCUT2D eigenvalue weighted by Gasteiger charge is -2.19. The summed E-state index contributed by atoms with van der Waals surface area (Å²) in [7, 11) is 0. The number of carbonyl (C=O) groups excluding carboxylic acids is 3. The number of rotatable bonds is 8. The molecule has 2 heterocycles. The number of esters is 1. The number of carbonyl (C=O) groups is 3. The van der Waals surface area contributed by atoms with Gasteiger partial charge in [-0.05, 0) is 59.7 Å². The van der Waals surface area contributed by atoms with Crippen molar-refractivity contribution < 1.29 is 23.9 Å². The molecule has 0 bridgehead atoms. The third-order valence-corrected chi connectivity index (χ3v) is 6.28. The van der Waals surface area contributed by atoms with E-state index in [-0.39, 0.29) is 17.1 Å². The molecule has 0 atom stereocenters. The number of nitrogens with one attached hydrogen (secondary N) is 1. The van der Waals surface area contributed by atoms with Crippen LogP contribution in [0.1, 0.15) is 75.9 Å². The largest absolute Gasteiger partial charge is 0.489 e. The molecular formula is C29H32N2O5. The monoisotopic (exact) mass is 488 g/mol. The highest BCUT2D eigenvalue weighted by atomic mass is 16.5. The van der Waals surface area contributed by atoms with E-state index >= 15 is 0 Å². The van der Waals surface area contributed by atoms with Gasteiger partial charge in [-0.1, -0.05) is 45.0 Å². The van der Waals surface area contributed by atoms with Crippen LogP contribution in [0.4, 0.5) is 0 Å². The molecule has 0 unspecified atom stereocenters. The van der Waals surface area contributed by atoms with Crippen molar-refractivity contribution in [3.8, 4) is 5.75 Å². The highest BCUT2D eigenvalue weighted by Gasteiger charge is 2.22. The first-order chi connectivity index (χ1) is 17.2. The normalized spacial score (nSPS) is 13.5. The standard InChI is InChI=1S/C29H32N2O5/c1-29(2,3)23-10-12-24(13-11-23)35-18-20-6-8-21(9-7-20)28(34)36-19-26(32)22-16-25(30-17-22)27(33)31-14-4-5-15-31/h6-13,16-17,30H,4-5,14-15,18-19H2,1-3H3. The lowest BCUT2D eigenvalue weighted by Crippen LogP contribution is -2.27. The number of benzene rings is 2. The number of ketones is 1. The summed E-state index contributed by atoms with van der Waals surface area (Å²) in [6, 6.07) is 16.5. The van der Waals surface area contributed by atoms with Crippen LogP contribution in [-0.4, -0.2) is 47.2 Å². The molecule has 3 aromatic rings. The van der Waals surface area contributed by atoms with Crippen molar-refractivity contribution in [3.05, 3.63) is 88.7 Å². The van der Waals surface area contributed by atoms with E-state index in [0.717, 1.165) is 37.2 Å². The first kappa shape index (κ1) is 25.2. The summed E-state index contributed by atoms with van der Waals surface area (Å²) in [4.78, 5) is 41.9. The number of amides is 1. The third kappa shape index (κ3) is 6.22. The molecule has 1 N–H and O–H groups in total. The van der Waals surface area contributed by atoms with E-state index in [2.05, 4.69) is 37.9 Å². The first-order valence-electron chi connectivity index (χ1n) is 12.2. The molecule has 1 aliphatic heterocycles. The van der Waals surface area contributed by atoms with Crippen LogP contribution in [0.15, 0.2) is 60.8 Å². The maximum atomic E-state index is 12.4. The predicted octanol–water partition coefficient (Wildman–Crippen LogP) is 5.17. The number of nitrogens with zero attached hydrogens (tertiary/aromatic N) is 1. The number of Topliss-reactive ketones (excluding diaryl/α,β-unsaturated/α-hetero) is 1. The summed E-state index contributed by atoms with van der Waals surface area (Å²) < 4.78 is 11.0. The van der Waals surface area contributed by atoms with Gasteiger partial charge in [0.2, 0.25) is 5.78 Å². The summed E-state index contributed by atoms with van der Waals surface area (Å²) in [5.41, 5.74) is 3.27. The quantitative estimate of drug-likeness (QED) is 0.349. The van der Waals surface area contributed by atoms with Gasteiger partial charge in [0, 0.05) is 24.8 Å². The van der Waals surface area contributed by atoms with Gasteiger partial charge >= 0.3 is 5.97 Å². The Bertz CT molecular complexity index is 1210. The molecular weight excluding hydrogens is 456 g/mol. The van der Waals surface area contributed by atoms with Crippen LogP contribution in [-0.2, 0) is 16.8 Å². The first-order valence-corrected chi connectivity index (χ1v) is 12.2. The highest BCUT2D eigenvalue weighted by molar-refractivity contribution is 6.02. The van der Waals surface area contributed by atoms with Crippen molar-refractivity contribution in [2.24, 2.45) is 0 Å². The molecule has 7 heteroatoms. The van der Waals surface area contributed by atoms with Crippen LogP contribution in [0.25, 0.3) is 0 Å². The van der Waals surface area contributed by atoms with E-state index in [0.29, 0.717) is 23.4 Å². The Hall–Kier alpha value is -3.87. The third-order valence-electron chi connectivity index (χ3n) is 6.28. The fourth-order valence-electron chi connectivity index (χ4n) is 4.02. The zero-order chi connectivity index (χ0) is 25.7.